The quantitative estimate of drug-likeness (QED) is 0.808. The van der Waals surface area contributed by atoms with Gasteiger partial charge in [-0.15, -0.1) is 0 Å². The molecule has 1 saturated heterocycles. The SMILES string of the molecule is CC(C)(C)OC(=O)[C@@]12CCN[C@@H]1c1cc(Cl)ccc1C2. The first kappa shape index (κ1) is 13.9. The van der Waals surface area contributed by atoms with Gasteiger partial charge in [-0.2, -0.15) is 0 Å². The Hall–Kier alpha value is -1.06. The number of hydrogen-bond acceptors (Lipinski definition) is 3. The Labute approximate surface area is 124 Å². The van der Waals surface area contributed by atoms with Crippen LogP contribution >= 0.6 is 11.6 Å². The van der Waals surface area contributed by atoms with E-state index in [0.717, 1.165) is 30.0 Å². The lowest BCUT2D eigenvalue weighted by atomic mass is 9.81. The summed E-state index contributed by atoms with van der Waals surface area (Å²) in [5.41, 5.74) is 1.45. The fraction of sp³-hybridized carbons (Fsp3) is 0.562. The fourth-order valence-electron chi connectivity index (χ4n) is 3.38. The Morgan fingerprint density at radius 2 is 2.20 bits per heavy atom. The maximum Gasteiger partial charge on any atom is 0.314 e. The van der Waals surface area contributed by atoms with E-state index in [1.165, 1.54) is 5.56 Å². The zero-order valence-corrected chi connectivity index (χ0v) is 12.9. The maximum absolute atomic E-state index is 12.7. The number of carbonyl (C=O) groups excluding carboxylic acids is 1. The van der Waals surface area contributed by atoms with E-state index in [-0.39, 0.29) is 12.0 Å². The minimum atomic E-state index is -0.458. The van der Waals surface area contributed by atoms with E-state index < -0.39 is 11.0 Å². The Bertz CT molecular complexity index is 564. The largest absolute Gasteiger partial charge is 0.459 e. The second-order valence-corrected chi connectivity index (χ2v) is 7.25. The fourth-order valence-corrected chi connectivity index (χ4v) is 3.57. The van der Waals surface area contributed by atoms with Crippen molar-refractivity contribution >= 4 is 17.6 Å². The third kappa shape index (κ3) is 2.13. The predicted octanol–water partition coefficient (Wildman–Crippen LogP) is 3.26. The van der Waals surface area contributed by atoms with Crippen molar-refractivity contribution in [1.82, 2.24) is 5.32 Å². The van der Waals surface area contributed by atoms with Crippen molar-refractivity contribution in [3.63, 3.8) is 0 Å². The zero-order valence-electron chi connectivity index (χ0n) is 12.1. The van der Waals surface area contributed by atoms with Crippen LogP contribution < -0.4 is 5.32 Å². The Balaban J connectivity index is 1.97. The van der Waals surface area contributed by atoms with Crippen LogP contribution in [0.5, 0.6) is 0 Å². The van der Waals surface area contributed by atoms with Gasteiger partial charge in [-0.1, -0.05) is 17.7 Å². The summed E-state index contributed by atoms with van der Waals surface area (Å²) in [6, 6.07) is 5.94. The summed E-state index contributed by atoms with van der Waals surface area (Å²) in [4.78, 5) is 12.7. The molecule has 1 aromatic carbocycles. The summed E-state index contributed by atoms with van der Waals surface area (Å²) in [7, 11) is 0. The minimum Gasteiger partial charge on any atom is -0.459 e. The van der Waals surface area contributed by atoms with Gasteiger partial charge in [-0.3, -0.25) is 4.79 Å². The van der Waals surface area contributed by atoms with Gasteiger partial charge in [0.25, 0.3) is 0 Å². The topological polar surface area (TPSA) is 38.3 Å². The zero-order chi connectivity index (χ0) is 14.5. The monoisotopic (exact) mass is 293 g/mol. The lowest BCUT2D eigenvalue weighted by Gasteiger charge is -2.31. The standard InChI is InChI=1S/C16H20ClNO2/c1-15(2,3)20-14(19)16-6-7-18-13(16)12-8-11(17)5-4-10(12)9-16/h4-5,8,13,18H,6-7,9H2,1-3H3/t13-,16-/m1/s1. The molecule has 1 fully saturated rings. The normalized spacial score (nSPS) is 28.1. The van der Waals surface area contributed by atoms with Gasteiger partial charge in [-0.05, 0) is 63.4 Å². The molecule has 0 saturated carbocycles. The number of nitrogens with one attached hydrogen (secondary N) is 1. The first-order valence-electron chi connectivity index (χ1n) is 7.07. The van der Waals surface area contributed by atoms with Crippen molar-refractivity contribution in [3.8, 4) is 0 Å². The molecule has 0 amide bonds. The molecule has 0 radical (unpaired) electrons. The third-order valence-corrected chi connectivity index (χ3v) is 4.44. The van der Waals surface area contributed by atoms with Crippen molar-refractivity contribution in [2.45, 2.75) is 45.3 Å². The van der Waals surface area contributed by atoms with E-state index in [0.29, 0.717) is 0 Å². The highest BCUT2D eigenvalue weighted by Crippen LogP contribution is 2.52. The van der Waals surface area contributed by atoms with Gasteiger partial charge in [-0.25, -0.2) is 0 Å². The lowest BCUT2D eigenvalue weighted by molar-refractivity contribution is -0.167. The summed E-state index contributed by atoms with van der Waals surface area (Å²) in [6.45, 7) is 6.59. The van der Waals surface area contributed by atoms with Gasteiger partial charge in [0.05, 0.1) is 5.41 Å². The molecule has 0 aromatic heterocycles. The molecule has 1 aliphatic heterocycles. The molecule has 2 atom stereocenters. The van der Waals surface area contributed by atoms with E-state index in [1.54, 1.807) is 0 Å². The average molecular weight is 294 g/mol. The second kappa shape index (κ2) is 4.47. The van der Waals surface area contributed by atoms with Crippen molar-refractivity contribution in [2.24, 2.45) is 5.41 Å². The smallest absolute Gasteiger partial charge is 0.314 e. The molecule has 4 heteroatoms. The molecule has 0 bridgehead atoms. The number of benzene rings is 1. The van der Waals surface area contributed by atoms with Crippen LogP contribution in [0.4, 0.5) is 0 Å². The summed E-state index contributed by atoms with van der Waals surface area (Å²) in [5, 5.41) is 4.17. The lowest BCUT2D eigenvalue weighted by Crippen LogP contribution is -2.39. The van der Waals surface area contributed by atoms with Crippen molar-refractivity contribution in [2.75, 3.05) is 6.54 Å². The van der Waals surface area contributed by atoms with Crippen LogP contribution in [0.3, 0.4) is 0 Å². The van der Waals surface area contributed by atoms with E-state index in [4.69, 9.17) is 16.3 Å². The number of esters is 1. The molecule has 0 spiro atoms. The first-order chi connectivity index (χ1) is 9.32. The van der Waals surface area contributed by atoms with Crippen LogP contribution in [0.15, 0.2) is 18.2 Å². The van der Waals surface area contributed by atoms with E-state index in [9.17, 15) is 4.79 Å². The summed E-state index contributed by atoms with van der Waals surface area (Å²) >= 11 is 6.10. The molecule has 0 unspecified atom stereocenters. The van der Waals surface area contributed by atoms with E-state index >= 15 is 0 Å². The maximum atomic E-state index is 12.7. The molecule has 1 heterocycles. The highest BCUT2D eigenvalue weighted by Gasteiger charge is 2.56. The second-order valence-electron chi connectivity index (χ2n) is 6.82. The molecule has 1 aromatic rings. The van der Waals surface area contributed by atoms with Gasteiger partial charge in [0.15, 0.2) is 0 Å². The number of hydrogen-bond donors (Lipinski definition) is 1. The van der Waals surface area contributed by atoms with Crippen LogP contribution in [-0.2, 0) is 16.0 Å². The van der Waals surface area contributed by atoms with Gasteiger partial charge in [0.1, 0.15) is 5.60 Å². The van der Waals surface area contributed by atoms with Crippen LogP contribution in [0.25, 0.3) is 0 Å². The molecule has 20 heavy (non-hydrogen) atoms. The number of rotatable bonds is 1. The Morgan fingerprint density at radius 3 is 2.90 bits per heavy atom. The summed E-state index contributed by atoms with van der Waals surface area (Å²) < 4.78 is 5.68. The van der Waals surface area contributed by atoms with E-state index in [1.807, 2.05) is 39.0 Å². The predicted molar refractivity (Wildman–Crippen MR) is 78.8 cm³/mol. The van der Waals surface area contributed by atoms with Gasteiger partial charge in [0, 0.05) is 11.1 Å². The van der Waals surface area contributed by atoms with Gasteiger partial charge in [0.2, 0.25) is 0 Å². The van der Waals surface area contributed by atoms with Crippen LogP contribution in [0.2, 0.25) is 5.02 Å². The Morgan fingerprint density at radius 1 is 1.45 bits per heavy atom. The molecule has 2 aliphatic rings. The van der Waals surface area contributed by atoms with Crippen LogP contribution in [0, 0.1) is 5.41 Å². The summed E-state index contributed by atoms with van der Waals surface area (Å²) in [6.07, 6.45) is 1.56. The molecule has 1 N–H and O–H groups in total. The van der Waals surface area contributed by atoms with Crippen LogP contribution in [-0.4, -0.2) is 18.1 Å². The highest BCUT2D eigenvalue weighted by atomic mass is 35.5. The Kier molecular flexibility index (Phi) is 3.11. The number of fused-ring (bicyclic) bond motifs is 3. The average Bonchev–Trinajstić information content (AvgIpc) is 2.84. The molecule has 3 nitrogen and oxygen atoms in total. The number of carbonyl (C=O) groups is 1. The summed E-state index contributed by atoms with van der Waals surface area (Å²) in [5.74, 6) is -0.0904. The van der Waals surface area contributed by atoms with Crippen LogP contribution in [0.1, 0.15) is 44.4 Å². The van der Waals surface area contributed by atoms with Gasteiger partial charge >= 0.3 is 5.97 Å². The minimum absolute atomic E-state index is 0.0334. The number of ether oxygens (including phenoxy) is 1. The highest BCUT2D eigenvalue weighted by molar-refractivity contribution is 6.30. The van der Waals surface area contributed by atoms with Crippen molar-refractivity contribution in [3.05, 3.63) is 34.3 Å². The van der Waals surface area contributed by atoms with E-state index in [2.05, 4.69) is 5.32 Å². The number of halogens is 1. The molecular weight excluding hydrogens is 274 g/mol. The van der Waals surface area contributed by atoms with Gasteiger partial charge < -0.3 is 10.1 Å². The molecule has 1 aliphatic carbocycles. The van der Waals surface area contributed by atoms with Crippen molar-refractivity contribution < 1.29 is 9.53 Å². The molecule has 3 rings (SSSR count). The third-order valence-electron chi connectivity index (χ3n) is 4.20. The van der Waals surface area contributed by atoms with Crippen molar-refractivity contribution in [1.29, 1.82) is 0 Å². The molecular formula is C16H20ClNO2. The first-order valence-corrected chi connectivity index (χ1v) is 7.45. The molecule has 108 valence electrons.